The number of carbonyl (C=O) groups excluding carboxylic acids is 1. The first-order valence-electron chi connectivity index (χ1n) is 5.53. The van der Waals surface area contributed by atoms with Crippen molar-refractivity contribution in [3.63, 3.8) is 0 Å². The molecule has 0 bridgehead atoms. The molecule has 5 nitrogen and oxygen atoms in total. The molecule has 88 valence electrons. The molecule has 0 atom stereocenters. The summed E-state index contributed by atoms with van der Waals surface area (Å²) in [5.41, 5.74) is 1.37. The van der Waals surface area contributed by atoms with Crippen LogP contribution in [0.2, 0.25) is 0 Å². The van der Waals surface area contributed by atoms with Crippen LogP contribution >= 0.6 is 0 Å². The molecular weight excluding hydrogens is 216 g/mol. The molecule has 2 aromatic rings. The van der Waals surface area contributed by atoms with Crippen molar-refractivity contribution >= 4 is 5.78 Å². The highest BCUT2D eigenvalue weighted by Gasteiger charge is 2.10. The third-order valence-electron chi connectivity index (χ3n) is 2.44. The molecule has 0 aliphatic heterocycles. The van der Waals surface area contributed by atoms with Crippen molar-refractivity contribution in [2.24, 2.45) is 0 Å². The third-order valence-corrected chi connectivity index (χ3v) is 2.44. The highest BCUT2D eigenvalue weighted by molar-refractivity contribution is 5.95. The Morgan fingerprint density at radius 2 is 2.29 bits per heavy atom. The van der Waals surface area contributed by atoms with Crippen LogP contribution in [0.4, 0.5) is 0 Å². The number of aryl methyl sites for hydroxylation is 2. The number of hydrogen-bond acceptors (Lipinski definition) is 4. The van der Waals surface area contributed by atoms with E-state index in [9.17, 15) is 4.79 Å². The van der Waals surface area contributed by atoms with E-state index >= 15 is 0 Å². The second kappa shape index (κ2) is 4.86. The summed E-state index contributed by atoms with van der Waals surface area (Å²) in [5, 5.41) is 4.13. The van der Waals surface area contributed by atoms with Crippen molar-refractivity contribution in [1.82, 2.24) is 19.7 Å². The molecule has 0 fully saturated rings. The minimum atomic E-state index is -0.00819. The van der Waals surface area contributed by atoms with Crippen LogP contribution in [0.15, 0.2) is 24.7 Å². The number of hydrogen-bond donors (Lipinski definition) is 0. The summed E-state index contributed by atoms with van der Waals surface area (Å²) in [6, 6.07) is 1.64. The monoisotopic (exact) mass is 230 g/mol. The molecule has 0 radical (unpaired) electrons. The van der Waals surface area contributed by atoms with E-state index in [0.29, 0.717) is 17.9 Å². The molecule has 17 heavy (non-hydrogen) atoms. The normalized spacial score (nSPS) is 10.5. The van der Waals surface area contributed by atoms with E-state index in [1.807, 2.05) is 13.1 Å². The number of ketones is 1. The van der Waals surface area contributed by atoms with Crippen molar-refractivity contribution < 1.29 is 4.79 Å². The first-order valence-corrected chi connectivity index (χ1v) is 5.53. The zero-order valence-corrected chi connectivity index (χ0v) is 9.92. The summed E-state index contributed by atoms with van der Waals surface area (Å²) < 4.78 is 1.80. The smallest absolute Gasteiger partial charge is 0.185 e. The first kappa shape index (κ1) is 11.4. The Hall–Kier alpha value is -2.04. The van der Waals surface area contributed by atoms with Gasteiger partial charge in [-0.15, -0.1) is 0 Å². The zero-order valence-electron chi connectivity index (χ0n) is 9.92. The molecule has 0 unspecified atom stereocenters. The molecular formula is C12H14N4O. The average molecular weight is 230 g/mol. The predicted octanol–water partition coefficient (Wildman–Crippen LogP) is 1.43. The van der Waals surface area contributed by atoms with Crippen molar-refractivity contribution in [3.8, 4) is 0 Å². The molecule has 0 spiro atoms. The molecule has 0 saturated carbocycles. The van der Waals surface area contributed by atoms with E-state index in [1.54, 1.807) is 30.1 Å². The first-order chi connectivity index (χ1) is 8.19. The van der Waals surface area contributed by atoms with Crippen LogP contribution in [0.3, 0.4) is 0 Å². The highest BCUT2D eigenvalue weighted by atomic mass is 16.1. The third kappa shape index (κ3) is 2.75. The van der Waals surface area contributed by atoms with Gasteiger partial charge in [-0.2, -0.15) is 5.10 Å². The topological polar surface area (TPSA) is 60.7 Å². The lowest BCUT2D eigenvalue weighted by Gasteiger charge is -1.99. The lowest BCUT2D eigenvalue weighted by atomic mass is 10.1. The van der Waals surface area contributed by atoms with E-state index < -0.39 is 0 Å². The van der Waals surface area contributed by atoms with Gasteiger partial charge in [0.05, 0.1) is 6.20 Å². The number of aromatic nitrogens is 4. The van der Waals surface area contributed by atoms with Crippen LogP contribution in [-0.2, 0) is 13.0 Å². The van der Waals surface area contributed by atoms with Gasteiger partial charge in [0.2, 0.25) is 0 Å². The molecule has 0 aromatic carbocycles. The van der Waals surface area contributed by atoms with Crippen molar-refractivity contribution in [3.05, 3.63) is 41.7 Å². The number of Topliss-reactive ketones (excluding diaryl/α,β-unsaturated/α-hetero) is 1. The molecule has 0 saturated heterocycles. The highest BCUT2D eigenvalue weighted by Crippen LogP contribution is 2.05. The SMILES string of the molecule is CCn1cc(CC(=O)c2ccnc(C)n2)cn1. The van der Waals surface area contributed by atoms with Crippen molar-refractivity contribution in [2.75, 3.05) is 0 Å². The lowest BCUT2D eigenvalue weighted by molar-refractivity contribution is 0.0988. The minimum Gasteiger partial charge on any atom is -0.292 e. The molecule has 0 aliphatic carbocycles. The van der Waals surface area contributed by atoms with Gasteiger partial charge in [0.1, 0.15) is 11.5 Å². The maximum atomic E-state index is 11.9. The summed E-state index contributed by atoms with van der Waals surface area (Å²) in [6.07, 6.45) is 5.53. The van der Waals surface area contributed by atoms with Gasteiger partial charge in [-0.3, -0.25) is 9.48 Å². The van der Waals surface area contributed by atoms with E-state index in [4.69, 9.17) is 0 Å². The van der Waals surface area contributed by atoms with Gasteiger partial charge in [0, 0.05) is 25.4 Å². The molecule has 2 aromatic heterocycles. The molecule has 5 heteroatoms. The molecule has 0 N–H and O–H groups in total. The maximum Gasteiger partial charge on any atom is 0.185 e. The zero-order chi connectivity index (χ0) is 12.3. The van der Waals surface area contributed by atoms with E-state index in [-0.39, 0.29) is 5.78 Å². The summed E-state index contributed by atoms with van der Waals surface area (Å²) in [4.78, 5) is 20.0. The minimum absolute atomic E-state index is 0.00819. The Bertz CT molecular complexity index is 533. The van der Waals surface area contributed by atoms with Gasteiger partial charge in [-0.05, 0) is 25.5 Å². The Morgan fingerprint density at radius 1 is 1.47 bits per heavy atom. The van der Waals surface area contributed by atoms with Crippen LogP contribution in [-0.4, -0.2) is 25.5 Å². The van der Waals surface area contributed by atoms with Gasteiger partial charge in [0.15, 0.2) is 5.78 Å². The standard InChI is InChI=1S/C12H14N4O/c1-3-16-8-10(7-14-16)6-12(17)11-4-5-13-9(2)15-11/h4-5,7-8H,3,6H2,1-2H3. The summed E-state index contributed by atoms with van der Waals surface area (Å²) >= 11 is 0. The Morgan fingerprint density at radius 3 is 2.94 bits per heavy atom. The van der Waals surface area contributed by atoms with Crippen molar-refractivity contribution in [2.45, 2.75) is 26.8 Å². The lowest BCUT2D eigenvalue weighted by Crippen LogP contribution is -2.07. The van der Waals surface area contributed by atoms with Gasteiger partial charge >= 0.3 is 0 Å². The number of carbonyl (C=O) groups is 1. The quantitative estimate of drug-likeness (QED) is 0.745. The van der Waals surface area contributed by atoms with Crippen LogP contribution in [0, 0.1) is 6.92 Å². The summed E-state index contributed by atoms with van der Waals surface area (Å²) in [7, 11) is 0. The molecule has 2 rings (SSSR count). The van der Waals surface area contributed by atoms with E-state index in [1.165, 1.54) is 0 Å². The van der Waals surface area contributed by atoms with Gasteiger partial charge in [-0.25, -0.2) is 9.97 Å². The number of nitrogens with zero attached hydrogens (tertiary/aromatic N) is 4. The Kier molecular flexibility index (Phi) is 3.27. The van der Waals surface area contributed by atoms with Crippen LogP contribution < -0.4 is 0 Å². The fourth-order valence-electron chi connectivity index (χ4n) is 1.56. The summed E-state index contributed by atoms with van der Waals surface area (Å²) in [5.74, 6) is 0.603. The fourth-order valence-corrected chi connectivity index (χ4v) is 1.56. The second-order valence-electron chi connectivity index (χ2n) is 3.79. The van der Waals surface area contributed by atoms with Gasteiger partial charge < -0.3 is 0 Å². The van der Waals surface area contributed by atoms with E-state index in [2.05, 4.69) is 15.1 Å². The Labute approximate surface area is 99.5 Å². The van der Waals surface area contributed by atoms with Crippen LogP contribution in [0.25, 0.3) is 0 Å². The van der Waals surface area contributed by atoms with Crippen LogP contribution in [0.5, 0.6) is 0 Å². The van der Waals surface area contributed by atoms with Crippen molar-refractivity contribution in [1.29, 1.82) is 0 Å². The largest absolute Gasteiger partial charge is 0.292 e. The van der Waals surface area contributed by atoms with Crippen LogP contribution in [0.1, 0.15) is 28.8 Å². The molecule has 2 heterocycles. The Balaban J connectivity index is 2.11. The number of rotatable bonds is 4. The second-order valence-corrected chi connectivity index (χ2v) is 3.79. The maximum absolute atomic E-state index is 11.9. The fraction of sp³-hybridized carbons (Fsp3) is 0.333. The predicted molar refractivity (Wildman–Crippen MR) is 62.7 cm³/mol. The average Bonchev–Trinajstić information content (AvgIpc) is 2.77. The summed E-state index contributed by atoms with van der Waals surface area (Å²) in [6.45, 7) is 4.58. The van der Waals surface area contributed by atoms with E-state index in [0.717, 1.165) is 12.1 Å². The van der Waals surface area contributed by atoms with Gasteiger partial charge in [0.25, 0.3) is 0 Å². The van der Waals surface area contributed by atoms with Gasteiger partial charge in [-0.1, -0.05) is 0 Å². The molecule has 0 aliphatic rings. The molecule has 0 amide bonds.